The quantitative estimate of drug-likeness (QED) is 0.821. The van der Waals surface area contributed by atoms with Crippen molar-refractivity contribution < 1.29 is 9.90 Å². The van der Waals surface area contributed by atoms with Crippen molar-refractivity contribution in [1.82, 2.24) is 14.9 Å². The average Bonchev–Trinajstić information content (AvgIpc) is 2.12. The van der Waals surface area contributed by atoms with Crippen LogP contribution in [0.2, 0.25) is 0 Å². The molecule has 1 heterocycles. The molecule has 88 valence electrons. The van der Waals surface area contributed by atoms with Crippen LogP contribution >= 0.6 is 0 Å². The van der Waals surface area contributed by atoms with E-state index in [4.69, 9.17) is 5.11 Å². The highest BCUT2D eigenvalue weighted by Gasteiger charge is 2.14. The lowest BCUT2D eigenvalue weighted by atomic mass is 10.1. The molecule has 0 radical (unpaired) electrons. The minimum Gasteiger partial charge on any atom is -0.478 e. The number of aryl methyl sites for hydroxylation is 2. The Kier molecular flexibility index (Phi) is 3.95. The Morgan fingerprint density at radius 2 is 1.75 bits per heavy atom. The average molecular weight is 223 g/mol. The van der Waals surface area contributed by atoms with Crippen molar-refractivity contribution in [3.05, 3.63) is 22.8 Å². The molecule has 5 nitrogen and oxygen atoms in total. The second kappa shape index (κ2) is 5.03. The van der Waals surface area contributed by atoms with Gasteiger partial charge in [-0.25, -0.2) is 14.8 Å². The van der Waals surface area contributed by atoms with Gasteiger partial charge in [0.1, 0.15) is 11.4 Å². The number of carboxylic acid groups (broad SMARTS) is 1. The summed E-state index contributed by atoms with van der Waals surface area (Å²) in [5, 5.41) is 8.97. The van der Waals surface area contributed by atoms with Gasteiger partial charge in [0.2, 0.25) is 0 Å². The fraction of sp³-hybridized carbons (Fsp3) is 0.545. The third-order valence-corrected chi connectivity index (χ3v) is 2.31. The number of likely N-dealkylation sites (N-methyl/N-ethyl adjacent to an activating group) is 1. The zero-order valence-corrected chi connectivity index (χ0v) is 10.1. The summed E-state index contributed by atoms with van der Waals surface area (Å²) in [6.45, 7) is 4.26. The van der Waals surface area contributed by atoms with E-state index in [9.17, 15) is 4.79 Å². The molecule has 0 amide bonds. The van der Waals surface area contributed by atoms with E-state index in [2.05, 4.69) is 9.97 Å². The predicted molar refractivity (Wildman–Crippen MR) is 60.7 cm³/mol. The highest BCUT2D eigenvalue weighted by atomic mass is 16.4. The molecule has 1 aromatic rings. The van der Waals surface area contributed by atoms with E-state index < -0.39 is 5.97 Å². The summed E-state index contributed by atoms with van der Waals surface area (Å²) in [4.78, 5) is 21.4. The van der Waals surface area contributed by atoms with Gasteiger partial charge in [-0.2, -0.15) is 0 Å². The largest absolute Gasteiger partial charge is 0.478 e. The zero-order chi connectivity index (χ0) is 12.3. The molecular formula is C11H17N3O2. The van der Waals surface area contributed by atoms with Gasteiger partial charge in [-0.05, 0) is 27.9 Å². The molecule has 0 saturated heterocycles. The Bertz CT molecular complexity index is 379. The van der Waals surface area contributed by atoms with E-state index in [1.807, 2.05) is 19.0 Å². The fourth-order valence-corrected chi connectivity index (χ4v) is 1.53. The molecular weight excluding hydrogens is 206 g/mol. The molecule has 0 unspecified atom stereocenters. The maximum Gasteiger partial charge on any atom is 0.339 e. The molecule has 1 N–H and O–H groups in total. The number of carbonyl (C=O) groups is 1. The molecule has 0 saturated carbocycles. The van der Waals surface area contributed by atoms with Crippen molar-refractivity contribution in [3.63, 3.8) is 0 Å². The van der Waals surface area contributed by atoms with Crippen LogP contribution in [0.3, 0.4) is 0 Å². The molecule has 0 aliphatic rings. The third-order valence-electron chi connectivity index (χ3n) is 2.31. The van der Waals surface area contributed by atoms with Crippen LogP contribution in [0.5, 0.6) is 0 Å². The smallest absolute Gasteiger partial charge is 0.339 e. The van der Waals surface area contributed by atoms with E-state index in [-0.39, 0.29) is 5.56 Å². The molecule has 1 aromatic heterocycles. The molecule has 0 bridgehead atoms. The highest BCUT2D eigenvalue weighted by Crippen LogP contribution is 2.10. The van der Waals surface area contributed by atoms with Crippen LogP contribution in [-0.2, 0) is 6.42 Å². The lowest BCUT2D eigenvalue weighted by Gasteiger charge is -2.10. The minimum atomic E-state index is -0.964. The van der Waals surface area contributed by atoms with Crippen molar-refractivity contribution in [2.45, 2.75) is 20.3 Å². The maximum absolute atomic E-state index is 10.9. The van der Waals surface area contributed by atoms with Crippen molar-refractivity contribution in [2.75, 3.05) is 20.6 Å². The Balaban J connectivity index is 2.96. The van der Waals surface area contributed by atoms with Crippen LogP contribution in [0.15, 0.2) is 0 Å². The summed E-state index contributed by atoms with van der Waals surface area (Å²) >= 11 is 0. The number of hydrogen-bond donors (Lipinski definition) is 1. The van der Waals surface area contributed by atoms with Crippen LogP contribution in [-0.4, -0.2) is 46.6 Å². The van der Waals surface area contributed by atoms with E-state index in [1.54, 1.807) is 13.8 Å². The Hall–Kier alpha value is -1.49. The zero-order valence-electron chi connectivity index (χ0n) is 10.1. The Morgan fingerprint density at radius 3 is 2.12 bits per heavy atom. The standard InChI is InChI=1S/C11H17N3O2/c1-7-10(11(15)16)8(2)13-9(12-7)5-6-14(3)4/h5-6H2,1-4H3,(H,15,16). The summed E-state index contributed by atoms with van der Waals surface area (Å²) in [6.07, 6.45) is 0.731. The first-order chi connectivity index (χ1) is 7.41. The van der Waals surface area contributed by atoms with Gasteiger partial charge in [-0.3, -0.25) is 0 Å². The van der Waals surface area contributed by atoms with Gasteiger partial charge in [0.15, 0.2) is 0 Å². The van der Waals surface area contributed by atoms with Gasteiger partial charge in [-0.15, -0.1) is 0 Å². The number of aromatic nitrogens is 2. The van der Waals surface area contributed by atoms with Crippen molar-refractivity contribution in [1.29, 1.82) is 0 Å². The lowest BCUT2D eigenvalue weighted by molar-refractivity contribution is 0.0694. The molecule has 0 aliphatic carbocycles. The molecule has 0 spiro atoms. The van der Waals surface area contributed by atoms with Gasteiger partial charge < -0.3 is 10.0 Å². The van der Waals surface area contributed by atoms with Crippen LogP contribution in [0.1, 0.15) is 27.6 Å². The van der Waals surface area contributed by atoms with Crippen LogP contribution in [0, 0.1) is 13.8 Å². The maximum atomic E-state index is 10.9. The highest BCUT2D eigenvalue weighted by molar-refractivity contribution is 5.89. The summed E-state index contributed by atoms with van der Waals surface area (Å²) in [5.74, 6) is -0.261. The van der Waals surface area contributed by atoms with Crippen LogP contribution in [0.25, 0.3) is 0 Å². The second-order valence-corrected chi connectivity index (χ2v) is 4.04. The Morgan fingerprint density at radius 1 is 1.25 bits per heavy atom. The monoisotopic (exact) mass is 223 g/mol. The first-order valence-electron chi connectivity index (χ1n) is 5.14. The minimum absolute atomic E-state index is 0.216. The topological polar surface area (TPSA) is 66.3 Å². The van der Waals surface area contributed by atoms with Crippen molar-refractivity contribution in [2.24, 2.45) is 0 Å². The number of rotatable bonds is 4. The van der Waals surface area contributed by atoms with Gasteiger partial charge >= 0.3 is 5.97 Å². The molecule has 0 aliphatic heterocycles. The van der Waals surface area contributed by atoms with Gasteiger partial charge in [0.25, 0.3) is 0 Å². The predicted octanol–water partition coefficient (Wildman–Crippen LogP) is 0.896. The molecule has 0 atom stereocenters. The number of aromatic carboxylic acids is 1. The molecule has 0 fully saturated rings. The number of carboxylic acids is 1. The van der Waals surface area contributed by atoms with Gasteiger partial charge in [-0.1, -0.05) is 0 Å². The molecule has 5 heteroatoms. The second-order valence-electron chi connectivity index (χ2n) is 4.04. The first kappa shape index (κ1) is 12.6. The lowest BCUT2D eigenvalue weighted by Crippen LogP contribution is -2.18. The van der Waals surface area contributed by atoms with Crippen LogP contribution < -0.4 is 0 Å². The summed E-state index contributed by atoms with van der Waals surface area (Å²) < 4.78 is 0. The Labute approximate surface area is 95.1 Å². The van der Waals surface area contributed by atoms with Gasteiger partial charge in [0.05, 0.1) is 11.4 Å². The van der Waals surface area contributed by atoms with Gasteiger partial charge in [0, 0.05) is 13.0 Å². The SMILES string of the molecule is Cc1nc(CCN(C)C)nc(C)c1C(=O)O. The first-order valence-corrected chi connectivity index (χ1v) is 5.14. The number of nitrogens with zero attached hydrogens (tertiary/aromatic N) is 3. The molecule has 16 heavy (non-hydrogen) atoms. The van der Waals surface area contributed by atoms with Crippen molar-refractivity contribution in [3.8, 4) is 0 Å². The fourth-order valence-electron chi connectivity index (χ4n) is 1.53. The summed E-state index contributed by atoms with van der Waals surface area (Å²) in [5.41, 5.74) is 1.29. The van der Waals surface area contributed by atoms with E-state index in [1.165, 1.54) is 0 Å². The van der Waals surface area contributed by atoms with E-state index in [0.717, 1.165) is 13.0 Å². The summed E-state index contributed by atoms with van der Waals surface area (Å²) in [7, 11) is 3.96. The molecule has 0 aromatic carbocycles. The number of hydrogen-bond acceptors (Lipinski definition) is 4. The van der Waals surface area contributed by atoms with Crippen molar-refractivity contribution >= 4 is 5.97 Å². The van der Waals surface area contributed by atoms with Crippen LogP contribution in [0.4, 0.5) is 0 Å². The van der Waals surface area contributed by atoms with E-state index in [0.29, 0.717) is 17.2 Å². The normalized spacial score (nSPS) is 10.8. The third kappa shape index (κ3) is 3.00. The summed E-state index contributed by atoms with van der Waals surface area (Å²) in [6, 6.07) is 0. The molecule has 1 rings (SSSR count). The van der Waals surface area contributed by atoms with E-state index >= 15 is 0 Å².